The standard InChI is InChI=1S/C10H23NO.2H3O4P/c1-3-5-7-9-10(11,12)8-6-4-2;2*1-5(2,3)4/h12H,3-9,11H2,1-2H3;2*(H3,1,2,3,4)/p-6. The first-order valence-electron chi connectivity index (χ1n) is 6.59. The Hall–Kier alpha value is 0.140. The van der Waals surface area contributed by atoms with Gasteiger partial charge in [-0.15, -0.1) is 0 Å². The number of phosphoric acid groups is 2. The van der Waals surface area contributed by atoms with Crippen LogP contribution in [-0.4, -0.2) is 10.8 Å². The van der Waals surface area contributed by atoms with Crippen LogP contribution in [0, 0.1) is 0 Å². The summed E-state index contributed by atoms with van der Waals surface area (Å²) < 4.78 is 17.1. The van der Waals surface area contributed by atoms with Gasteiger partial charge in [0.2, 0.25) is 0 Å². The number of nitrogens with two attached hydrogens (primary N) is 1. The molecule has 0 rings (SSSR count). The molecule has 0 radical (unpaired) electrons. The van der Waals surface area contributed by atoms with Crippen molar-refractivity contribution in [1.29, 1.82) is 0 Å². The third-order valence-corrected chi connectivity index (χ3v) is 2.18. The summed E-state index contributed by atoms with van der Waals surface area (Å²) in [6.07, 6.45) is 7.03. The van der Waals surface area contributed by atoms with Crippen molar-refractivity contribution < 1.29 is 43.6 Å². The molecule has 0 aliphatic heterocycles. The van der Waals surface area contributed by atoms with Crippen molar-refractivity contribution in [1.82, 2.24) is 0 Å². The summed E-state index contributed by atoms with van der Waals surface area (Å²) in [5.41, 5.74) is 4.80. The smallest absolute Gasteiger partial charge is 0.113 e. The number of aliphatic hydroxyl groups is 1. The second-order valence-corrected chi connectivity index (χ2v) is 6.35. The third kappa shape index (κ3) is 59.5. The molecule has 22 heavy (non-hydrogen) atoms. The van der Waals surface area contributed by atoms with Crippen LogP contribution in [0.2, 0.25) is 0 Å². The highest BCUT2D eigenvalue weighted by molar-refractivity contribution is 7.40. The van der Waals surface area contributed by atoms with Crippen LogP contribution in [-0.2, 0) is 9.13 Å². The zero-order chi connectivity index (χ0) is 18.4. The van der Waals surface area contributed by atoms with Gasteiger partial charge in [-0.2, -0.15) is 15.6 Å². The lowest BCUT2D eigenvalue weighted by Gasteiger charge is -2.36. The van der Waals surface area contributed by atoms with Crippen LogP contribution in [0.5, 0.6) is 0 Å². The lowest BCUT2D eigenvalue weighted by Crippen LogP contribution is -2.39. The van der Waals surface area contributed by atoms with Crippen LogP contribution in [0.4, 0.5) is 0 Å². The molecule has 10 nitrogen and oxygen atoms in total. The zero-order valence-corrected chi connectivity index (χ0v) is 14.4. The van der Waals surface area contributed by atoms with Crippen LogP contribution < -0.4 is 35.1 Å². The molecule has 0 saturated carbocycles. The van der Waals surface area contributed by atoms with E-state index in [0.29, 0.717) is 0 Å². The van der Waals surface area contributed by atoms with E-state index in [9.17, 15) is 5.11 Å². The van der Waals surface area contributed by atoms with Gasteiger partial charge in [-0.25, -0.2) is 0 Å². The lowest BCUT2D eigenvalue weighted by atomic mass is 10.00. The van der Waals surface area contributed by atoms with Gasteiger partial charge in [-0.3, -0.25) is 0 Å². The van der Waals surface area contributed by atoms with Gasteiger partial charge in [-0.1, -0.05) is 33.1 Å². The predicted octanol–water partition coefficient (Wildman–Crippen LogP) is -3.24. The molecule has 0 saturated heterocycles. The number of hydrogen-bond acceptors (Lipinski definition) is 10. The Bertz CT molecular complexity index is 303. The monoisotopic (exact) mass is 363 g/mol. The van der Waals surface area contributed by atoms with E-state index in [2.05, 4.69) is 13.8 Å². The Labute approximate surface area is 130 Å². The summed E-state index contributed by atoms with van der Waals surface area (Å²) in [6, 6.07) is 0. The topological polar surface area (TPSA) is 219 Å². The van der Waals surface area contributed by atoms with Crippen LogP contribution in [0.15, 0.2) is 0 Å². The molecular formula is C10H23NO9P2-6. The summed E-state index contributed by atoms with van der Waals surface area (Å²) in [5, 5.41) is 9.65. The molecule has 0 fully saturated rings. The Morgan fingerprint density at radius 1 is 0.818 bits per heavy atom. The highest BCUT2D eigenvalue weighted by Gasteiger charge is 2.18. The second kappa shape index (κ2) is 13.6. The lowest BCUT2D eigenvalue weighted by molar-refractivity contribution is -0.434. The summed E-state index contributed by atoms with van der Waals surface area (Å²) >= 11 is 0. The molecule has 0 aromatic rings. The summed E-state index contributed by atoms with van der Waals surface area (Å²) in [6.45, 7) is 4.27. The highest BCUT2D eigenvalue weighted by atomic mass is 31.2. The quantitative estimate of drug-likeness (QED) is 0.261. The summed E-state index contributed by atoms with van der Waals surface area (Å²) in [5.74, 6) is 0. The van der Waals surface area contributed by atoms with E-state index in [1.54, 1.807) is 0 Å². The highest BCUT2D eigenvalue weighted by Crippen LogP contribution is 2.15. The fraction of sp³-hybridized carbons (Fsp3) is 1.00. The largest absolute Gasteiger partial charge is 0.822 e. The van der Waals surface area contributed by atoms with Gasteiger partial charge in [0.1, 0.15) is 5.72 Å². The van der Waals surface area contributed by atoms with Gasteiger partial charge >= 0.3 is 0 Å². The van der Waals surface area contributed by atoms with E-state index in [-0.39, 0.29) is 0 Å². The molecule has 0 aliphatic carbocycles. The normalized spacial score (nSPS) is 14.1. The second-order valence-electron chi connectivity index (χ2n) is 4.56. The van der Waals surface area contributed by atoms with E-state index in [1.807, 2.05) is 0 Å². The Morgan fingerprint density at radius 3 is 1.36 bits per heavy atom. The zero-order valence-electron chi connectivity index (χ0n) is 12.6. The van der Waals surface area contributed by atoms with Crippen LogP contribution in [0.3, 0.4) is 0 Å². The van der Waals surface area contributed by atoms with Crippen molar-refractivity contribution >= 4 is 15.6 Å². The maximum Gasteiger partial charge on any atom is 0.113 e. The molecular weight excluding hydrogens is 340 g/mol. The van der Waals surface area contributed by atoms with Crippen molar-refractivity contribution in [2.24, 2.45) is 5.73 Å². The first-order chi connectivity index (χ1) is 9.62. The number of hydrogen-bond donors (Lipinski definition) is 2. The molecule has 0 aromatic carbocycles. The van der Waals surface area contributed by atoms with Crippen molar-refractivity contribution in [3.8, 4) is 0 Å². The fourth-order valence-corrected chi connectivity index (χ4v) is 1.29. The van der Waals surface area contributed by atoms with Crippen LogP contribution >= 0.6 is 15.6 Å². The van der Waals surface area contributed by atoms with E-state index in [4.69, 9.17) is 44.2 Å². The Morgan fingerprint density at radius 2 is 1.09 bits per heavy atom. The first-order valence-corrected chi connectivity index (χ1v) is 9.52. The van der Waals surface area contributed by atoms with Gasteiger partial charge in [0.05, 0.1) is 0 Å². The van der Waals surface area contributed by atoms with Crippen molar-refractivity contribution in [2.45, 2.75) is 64.5 Å². The van der Waals surface area contributed by atoms with Crippen molar-refractivity contribution in [2.75, 3.05) is 0 Å². The molecule has 12 heteroatoms. The minimum atomic E-state index is -5.39. The van der Waals surface area contributed by atoms with Crippen LogP contribution in [0.25, 0.3) is 0 Å². The van der Waals surface area contributed by atoms with E-state index in [1.165, 1.54) is 12.8 Å². The molecule has 0 bridgehead atoms. The molecule has 1 atom stereocenters. The SMILES string of the molecule is CCCCCC(N)(O)CCCC.O=P([O-])([O-])[O-].O=P([O-])([O-])[O-]. The molecule has 0 aliphatic rings. The van der Waals surface area contributed by atoms with Gasteiger partial charge in [-0.05, 0) is 25.7 Å². The molecule has 0 aromatic heterocycles. The predicted molar refractivity (Wildman–Crippen MR) is 68.0 cm³/mol. The maximum absolute atomic E-state index is 9.65. The van der Waals surface area contributed by atoms with E-state index >= 15 is 0 Å². The van der Waals surface area contributed by atoms with Crippen molar-refractivity contribution in [3.63, 3.8) is 0 Å². The molecule has 138 valence electrons. The van der Waals surface area contributed by atoms with E-state index < -0.39 is 21.4 Å². The molecule has 0 heterocycles. The molecule has 0 spiro atoms. The molecule has 0 amide bonds. The summed E-state index contributed by atoms with van der Waals surface area (Å²) in [7, 11) is -10.8. The maximum atomic E-state index is 9.65. The first kappa shape index (κ1) is 27.0. The van der Waals surface area contributed by atoms with E-state index in [0.717, 1.165) is 32.1 Å². The van der Waals surface area contributed by atoms with Crippen LogP contribution in [0.1, 0.15) is 58.8 Å². The average Bonchev–Trinajstić information content (AvgIpc) is 2.22. The average molecular weight is 363 g/mol. The molecule has 1 unspecified atom stereocenters. The third-order valence-electron chi connectivity index (χ3n) is 2.18. The van der Waals surface area contributed by atoms with Gasteiger partial charge in [0.25, 0.3) is 0 Å². The number of rotatable bonds is 7. The Balaban J connectivity index is -0.000000298. The van der Waals surface area contributed by atoms with Gasteiger partial charge < -0.3 is 49.3 Å². The minimum absolute atomic E-state index is 0.743. The Kier molecular flexibility index (Phi) is 16.7. The minimum Gasteiger partial charge on any atom is -0.822 e. The van der Waals surface area contributed by atoms with Gasteiger partial charge in [0, 0.05) is 0 Å². The van der Waals surface area contributed by atoms with Crippen molar-refractivity contribution in [3.05, 3.63) is 0 Å². The summed E-state index contributed by atoms with van der Waals surface area (Å²) in [4.78, 5) is 51.3. The number of unbranched alkanes of at least 4 members (excludes halogenated alkanes) is 3. The van der Waals surface area contributed by atoms with Gasteiger partial charge in [0.15, 0.2) is 0 Å². The molecule has 3 N–H and O–H groups in total. The fourth-order valence-electron chi connectivity index (χ4n) is 1.29.